The van der Waals surface area contributed by atoms with E-state index in [4.69, 9.17) is 63.1 Å². The standard InChI is InChI=1S/C66H75Cl2N9O24.ClH/c1-23(2)12-34(71-5)58(88)76-49-51(83)26-7-10-38(32(67)14-26)97-40-16-28-17-41(55(40)101-65-56(54(86)53(85)42(22-78)99-65)100-44-21-66(4,70)57(87)24(3)96-44)98-39-11-8-27(15-33(39)68)52(84)50-63(93)75-48(64(94)95)31-18-29(79)19-37(81)45(31)30-13-25(6-9-36(30)80)46(60(90)77-50)74-61(91)47(28)73-59(89)35(20-43(69)82)72-62(49)92;/h6-11,13-19,23-24,34-35,42,44,46-54,56-57,65,71,78-81,83-87H,12,20-22,70H2,1-5H3,(H2,69,82)(H,72,92)(H,73,89)(H,74,91)(H,75,93)(H,76,88)(H,77,90)(H,94,95);1H/t24-,34+,35-,42+,44?,46+,47+,48+,49+,50-,51+,52+,53+,54-,56+,57+,65-,66-;/m0./s1. The minimum Gasteiger partial charge on any atom is -0.508 e. The van der Waals surface area contributed by atoms with Crippen molar-refractivity contribution in [2.75, 3.05) is 13.7 Å². The molecule has 0 aliphatic carbocycles. The Balaban J connectivity index is 0.0000121. The fourth-order valence-electron chi connectivity index (χ4n) is 12.5. The number of halogens is 3. The number of carbonyl (C=O) groups excluding carboxylic acids is 7. The predicted octanol–water partition coefficient (Wildman–Crippen LogP) is 0.528. The zero-order valence-electron chi connectivity index (χ0n) is 54.7. The third kappa shape index (κ3) is 16.3. The Morgan fingerprint density at radius 1 is 0.716 bits per heavy atom. The van der Waals surface area contributed by atoms with Crippen molar-refractivity contribution >= 4 is 82.9 Å². The number of aliphatic hydroxyl groups excluding tert-OH is 6. The molecule has 0 aromatic heterocycles. The van der Waals surface area contributed by atoms with Gasteiger partial charge in [0.1, 0.15) is 89.5 Å². The summed E-state index contributed by atoms with van der Waals surface area (Å²) in [5, 5.41) is 131. The number of hydrogen-bond acceptors (Lipinski definition) is 25. The third-order valence-electron chi connectivity index (χ3n) is 17.8. The van der Waals surface area contributed by atoms with E-state index in [9.17, 15) is 75.0 Å². The van der Waals surface area contributed by atoms with Gasteiger partial charge in [-0.25, -0.2) is 4.79 Å². The van der Waals surface area contributed by atoms with Crippen LogP contribution in [0.4, 0.5) is 0 Å². The lowest BCUT2D eigenvalue weighted by Crippen LogP contribution is -2.64. The summed E-state index contributed by atoms with van der Waals surface area (Å²) in [6.07, 6.45) is -18.6. The van der Waals surface area contributed by atoms with E-state index in [-0.39, 0.29) is 58.6 Å². The van der Waals surface area contributed by atoms with Gasteiger partial charge in [-0.05, 0) is 110 Å². The van der Waals surface area contributed by atoms with Gasteiger partial charge in [0.15, 0.2) is 29.9 Å². The highest BCUT2D eigenvalue weighted by Gasteiger charge is 2.51. The molecular formula is C66H76Cl3N9O24. The minimum atomic E-state index is -2.35. The molecule has 2 saturated heterocycles. The molecule has 7 heterocycles. The topological polar surface area (TPSA) is 530 Å². The van der Waals surface area contributed by atoms with E-state index in [1.807, 2.05) is 13.8 Å². The van der Waals surface area contributed by atoms with Gasteiger partial charge in [0.2, 0.25) is 53.4 Å². The summed E-state index contributed by atoms with van der Waals surface area (Å²) in [6.45, 7) is 5.66. The molecule has 18 atom stereocenters. The van der Waals surface area contributed by atoms with Crippen LogP contribution < -0.4 is 62.9 Å². The Morgan fingerprint density at radius 2 is 1.31 bits per heavy atom. The molecule has 21 N–H and O–H groups in total. The molecule has 7 aliphatic heterocycles. The molecule has 5 aromatic carbocycles. The van der Waals surface area contributed by atoms with Crippen LogP contribution in [0.25, 0.3) is 11.1 Å². The van der Waals surface area contributed by atoms with Gasteiger partial charge in [-0.2, -0.15) is 0 Å². The summed E-state index contributed by atoms with van der Waals surface area (Å²) in [6, 6.07) is -0.679. The number of carboxylic acids is 1. The first-order valence-corrected chi connectivity index (χ1v) is 32.4. The van der Waals surface area contributed by atoms with Gasteiger partial charge in [0.05, 0.1) is 41.3 Å². The highest BCUT2D eigenvalue weighted by atomic mass is 35.5. The maximum atomic E-state index is 16.0. The van der Waals surface area contributed by atoms with E-state index in [0.717, 1.165) is 66.7 Å². The average Bonchev–Trinajstić information content (AvgIpc) is 0.773. The van der Waals surface area contributed by atoms with Crippen molar-refractivity contribution in [2.45, 2.75) is 156 Å². The summed E-state index contributed by atoms with van der Waals surface area (Å²) in [7, 11) is 1.47. The molecule has 33 nitrogen and oxygen atoms in total. The van der Waals surface area contributed by atoms with E-state index >= 15 is 14.4 Å². The first-order chi connectivity index (χ1) is 47.7. The molecule has 1 unspecified atom stereocenters. The van der Waals surface area contributed by atoms with Crippen molar-refractivity contribution < 1.29 is 118 Å². The summed E-state index contributed by atoms with van der Waals surface area (Å²) >= 11 is 14.1. The lowest BCUT2D eigenvalue weighted by atomic mass is 9.86. The van der Waals surface area contributed by atoms with Crippen LogP contribution in [0.1, 0.15) is 105 Å². The van der Waals surface area contributed by atoms with Crippen LogP contribution in [0.5, 0.6) is 46.0 Å². The zero-order chi connectivity index (χ0) is 73.5. The van der Waals surface area contributed by atoms with Crippen LogP contribution >= 0.6 is 35.6 Å². The number of rotatable bonds is 13. The quantitative estimate of drug-likeness (QED) is 0.0764. The van der Waals surface area contributed by atoms with Gasteiger partial charge in [-0.1, -0.05) is 55.2 Å². The summed E-state index contributed by atoms with van der Waals surface area (Å²) in [5.41, 5.74) is 8.00. The summed E-state index contributed by atoms with van der Waals surface area (Å²) in [4.78, 5) is 117. The van der Waals surface area contributed by atoms with Crippen LogP contribution in [0.3, 0.4) is 0 Å². The van der Waals surface area contributed by atoms with Crippen molar-refractivity contribution in [3.63, 3.8) is 0 Å². The number of carbonyl (C=O) groups is 8. The van der Waals surface area contributed by atoms with Crippen molar-refractivity contribution in [2.24, 2.45) is 17.4 Å². The largest absolute Gasteiger partial charge is 0.508 e. The number of phenols is 3. The second-order valence-electron chi connectivity index (χ2n) is 25.7. The minimum absolute atomic E-state index is 0. The number of fused-ring (bicyclic) bond motifs is 15. The van der Waals surface area contributed by atoms with Gasteiger partial charge >= 0.3 is 5.97 Å². The van der Waals surface area contributed by atoms with Crippen molar-refractivity contribution in [3.05, 3.63) is 117 Å². The van der Waals surface area contributed by atoms with Crippen molar-refractivity contribution in [1.82, 2.24) is 37.2 Å². The lowest BCUT2D eigenvalue weighted by Gasteiger charge is -2.47. The molecule has 0 radical (unpaired) electrons. The van der Waals surface area contributed by atoms with E-state index in [0.29, 0.717) is 0 Å². The number of carboxylic acid groups (broad SMARTS) is 1. The van der Waals surface area contributed by atoms with Gasteiger partial charge in [-0.3, -0.25) is 33.6 Å². The fraction of sp³-hybridized carbons (Fsp3) is 0.424. The third-order valence-corrected chi connectivity index (χ3v) is 18.4. The molecule has 5 aromatic rings. The number of aliphatic hydroxyl groups is 6. The smallest absolute Gasteiger partial charge is 0.330 e. The number of nitrogens with one attached hydrogen (secondary N) is 7. The van der Waals surface area contributed by atoms with Crippen LogP contribution in [-0.2, 0) is 52.6 Å². The Hall–Kier alpha value is -8.91. The molecule has 11 bridgehead atoms. The number of primary amides is 1. The Kier molecular flexibility index (Phi) is 23.8. The number of hydrogen-bond donors (Lipinski definition) is 19. The molecule has 2 fully saturated rings. The number of amides is 7. The van der Waals surface area contributed by atoms with Gasteiger partial charge < -0.3 is 128 Å². The number of aliphatic carboxylic acids is 1. The van der Waals surface area contributed by atoms with Crippen LogP contribution in [0.15, 0.2) is 78.9 Å². The second-order valence-corrected chi connectivity index (χ2v) is 26.5. The number of phenolic OH excluding ortho intramolecular Hbond substituents is 3. The zero-order valence-corrected chi connectivity index (χ0v) is 57.1. The highest BCUT2D eigenvalue weighted by Crippen LogP contribution is 2.50. The molecule has 0 saturated carbocycles. The van der Waals surface area contributed by atoms with Crippen molar-refractivity contribution in [3.8, 4) is 57.1 Å². The predicted molar refractivity (Wildman–Crippen MR) is 357 cm³/mol. The first-order valence-electron chi connectivity index (χ1n) is 31.6. The number of benzene rings is 5. The molecule has 12 rings (SSSR count). The van der Waals surface area contributed by atoms with Gasteiger partial charge in [0, 0.05) is 34.7 Å². The molecule has 0 spiro atoms. The summed E-state index contributed by atoms with van der Waals surface area (Å²) in [5.74, 6) is -16.0. The van der Waals surface area contributed by atoms with Crippen molar-refractivity contribution in [1.29, 1.82) is 0 Å². The van der Waals surface area contributed by atoms with E-state index < -0.39 is 237 Å². The van der Waals surface area contributed by atoms with Crippen LogP contribution in [0.2, 0.25) is 10.0 Å². The SMILES string of the molecule is CN[C@H](CC(C)C)C(=O)N[C@H]1C(=O)N[C@@H](CC(N)=O)C(=O)N[C@H]2C(=O)N[C@H]3C(=O)N[C@H](C(=O)N[C@@H](C(=O)O)c4cc(O)cc(O)c4-c4cc3ccc4O)[C@H](O)c3ccc(c(Cl)c3)Oc3cc2cc(c3O[C@@H]2O[C@H](CO)[C@@H](O)[C@H](O)[C@H]2OC2C[C@](C)(N)[C@H](O)[C@H](C)O2)Oc2ccc(cc2Cl)[C@H]1O.Cl. The highest BCUT2D eigenvalue weighted by molar-refractivity contribution is 6.32. The Labute approximate surface area is 596 Å². The molecule has 36 heteroatoms. The van der Waals surface area contributed by atoms with E-state index in [1.165, 1.54) is 33.0 Å². The number of nitrogens with two attached hydrogens (primary N) is 2. The number of aromatic hydroxyl groups is 3. The number of likely N-dealkylation sites (N-methyl/N-ethyl adjacent to an activating group) is 1. The van der Waals surface area contributed by atoms with Gasteiger partial charge in [-0.15, -0.1) is 12.4 Å². The van der Waals surface area contributed by atoms with Crippen LogP contribution in [0, 0.1) is 5.92 Å². The van der Waals surface area contributed by atoms with Crippen LogP contribution in [-0.4, -0.2) is 191 Å². The lowest BCUT2D eigenvalue weighted by molar-refractivity contribution is -0.333. The molecule has 550 valence electrons. The van der Waals surface area contributed by atoms with E-state index in [1.54, 1.807) is 0 Å². The first kappa shape index (κ1) is 77.3. The molecule has 7 amide bonds. The normalized spacial score (nSPS) is 29.1. The Morgan fingerprint density at radius 3 is 1.89 bits per heavy atom. The second kappa shape index (κ2) is 31.4. The fourth-order valence-corrected chi connectivity index (χ4v) is 12.9. The average molecular weight is 1490 g/mol. The van der Waals surface area contributed by atoms with Gasteiger partial charge in [0.25, 0.3) is 0 Å². The molecule has 7 aliphatic rings. The number of ether oxygens (including phenoxy) is 6. The molecule has 102 heavy (non-hydrogen) atoms. The summed E-state index contributed by atoms with van der Waals surface area (Å²) < 4.78 is 38.3. The molecular weight excluding hydrogens is 1410 g/mol. The maximum absolute atomic E-state index is 16.0. The van der Waals surface area contributed by atoms with E-state index in [2.05, 4.69) is 37.2 Å². The Bertz CT molecular complexity index is 4080. The monoisotopic (exact) mass is 1480 g/mol. The maximum Gasteiger partial charge on any atom is 0.330 e.